The van der Waals surface area contributed by atoms with Crippen molar-refractivity contribution in [2.24, 2.45) is 0 Å². The molecule has 3 aliphatic rings. The Labute approximate surface area is 195 Å². The minimum absolute atomic E-state index is 0.0899. The van der Waals surface area contributed by atoms with Crippen molar-refractivity contribution in [3.05, 3.63) is 47.5 Å². The van der Waals surface area contributed by atoms with Crippen LogP contribution in [0.5, 0.6) is 17.2 Å². The van der Waals surface area contributed by atoms with E-state index in [1.165, 1.54) is 0 Å². The lowest BCUT2D eigenvalue weighted by Gasteiger charge is -2.25. The zero-order chi connectivity index (χ0) is 23.0. The number of fused-ring (bicyclic) bond motifs is 5. The van der Waals surface area contributed by atoms with E-state index in [4.69, 9.17) is 14.2 Å². The van der Waals surface area contributed by atoms with Crippen LogP contribution in [-0.4, -0.2) is 75.4 Å². The molecule has 1 unspecified atom stereocenters. The first-order valence-electron chi connectivity index (χ1n) is 12.0. The molecular formula is C26H33N3O4. The summed E-state index contributed by atoms with van der Waals surface area (Å²) in [6.07, 6.45) is 0.916. The molecule has 0 bridgehead atoms. The third kappa shape index (κ3) is 3.63. The normalized spacial score (nSPS) is 20.2. The third-order valence-corrected chi connectivity index (χ3v) is 7.26. The Bertz CT molecular complexity index is 1040. The van der Waals surface area contributed by atoms with Crippen LogP contribution in [-0.2, 0) is 10.2 Å². The summed E-state index contributed by atoms with van der Waals surface area (Å²) in [7, 11) is 2.16. The van der Waals surface area contributed by atoms with Crippen molar-refractivity contribution in [1.29, 1.82) is 0 Å². The van der Waals surface area contributed by atoms with Crippen molar-refractivity contribution >= 4 is 11.6 Å². The van der Waals surface area contributed by atoms with E-state index in [-0.39, 0.29) is 12.7 Å². The Morgan fingerprint density at radius 3 is 2.48 bits per heavy atom. The molecule has 7 heteroatoms. The zero-order valence-electron chi connectivity index (χ0n) is 19.8. The molecule has 5 rings (SSSR count). The maximum atomic E-state index is 14.0. The zero-order valence-corrected chi connectivity index (χ0v) is 19.8. The van der Waals surface area contributed by atoms with Crippen molar-refractivity contribution in [2.45, 2.75) is 25.7 Å². The molecule has 0 N–H and O–H groups in total. The van der Waals surface area contributed by atoms with Crippen molar-refractivity contribution in [2.75, 3.05) is 64.6 Å². The van der Waals surface area contributed by atoms with Gasteiger partial charge in [-0.05, 0) is 50.8 Å². The summed E-state index contributed by atoms with van der Waals surface area (Å²) in [5.74, 6) is 2.15. The number of ether oxygens (including phenoxy) is 3. The van der Waals surface area contributed by atoms with Gasteiger partial charge >= 0.3 is 0 Å². The van der Waals surface area contributed by atoms with Gasteiger partial charge in [0.1, 0.15) is 17.8 Å². The Morgan fingerprint density at radius 2 is 1.70 bits per heavy atom. The van der Waals surface area contributed by atoms with E-state index in [2.05, 4.69) is 42.8 Å². The van der Waals surface area contributed by atoms with Crippen LogP contribution < -0.4 is 19.1 Å². The van der Waals surface area contributed by atoms with Gasteiger partial charge < -0.3 is 28.9 Å². The Hall–Kier alpha value is -2.77. The first-order valence-corrected chi connectivity index (χ1v) is 12.0. The third-order valence-electron chi connectivity index (χ3n) is 7.26. The minimum Gasteiger partial charge on any atom is -0.491 e. The van der Waals surface area contributed by atoms with Gasteiger partial charge in [0.2, 0.25) is 12.7 Å². The molecule has 7 nitrogen and oxygen atoms in total. The van der Waals surface area contributed by atoms with E-state index in [0.29, 0.717) is 30.4 Å². The summed E-state index contributed by atoms with van der Waals surface area (Å²) < 4.78 is 17.2. The van der Waals surface area contributed by atoms with Gasteiger partial charge in [-0.3, -0.25) is 4.79 Å². The number of amides is 1. The van der Waals surface area contributed by atoms with Gasteiger partial charge in [-0.15, -0.1) is 0 Å². The SMILES string of the molecule is CCN(CC)CCN(C)CCCN1C(=O)C2(COc3cc4c(cc32)OCO4)c2ccccc21. The van der Waals surface area contributed by atoms with E-state index in [1.807, 2.05) is 29.2 Å². The smallest absolute Gasteiger partial charge is 0.245 e. The van der Waals surface area contributed by atoms with E-state index in [9.17, 15) is 4.79 Å². The number of benzene rings is 2. The predicted molar refractivity (Wildman–Crippen MR) is 128 cm³/mol. The fourth-order valence-electron chi connectivity index (χ4n) is 5.25. The van der Waals surface area contributed by atoms with E-state index in [1.54, 1.807) is 0 Å². The van der Waals surface area contributed by atoms with E-state index in [0.717, 1.165) is 56.0 Å². The molecule has 176 valence electrons. The number of carbonyl (C=O) groups excluding carboxylic acids is 1. The molecule has 3 heterocycles. The molecular weight excluding hydrogens is 418 g/mol. The van der Waals surface area contributed by atoms with Crippen LogP contribution in [0, 0.1) is 0 Å². The second kappa shape index (κ2) is 8.88. The average Bonchev–Trinajstić information content (AvgIpc) is 3.51. The highest BCUT2D eigenvalue weighted by Crippen LogP contribution is 2.54. The molecule has 0 aromatic heterocycles. The number of likely N-dealkylation sites (N-methyl/N-ethyl adjacent to an activating group) is 2. The molecule has 1 amide bonds. The molecule has 3 aliphatic heterocycles. The molecule has 0 fully saturated rings. The first kappa shape index (κ1) is 22.0. The quantitative estimate of drug-likeness (QED) is 0.584. The summed E-state index contributed by atoms with van der Waals surface area (Å²) in [4.78, 5) is 20.7. The second-order valence-electron chi connectivity index (χ2n) is 9.05. The minimum atomic E-state index is -0.818. The first-order chi connectivity index (χ1) is 16.1. The maximum Gasteiger partial charge on any atom is 0.245 e. The molecule has 1 atom stereocenters. The van der Waals surface area contributed by atoms with E-state index >= 15 is 0 Å². The molecule has 2 aromatic carbocycles. The fraction of sp³-hybridized carbons (Fsp3) is 0.500. The van der Waals surface area contributed by atoms with Gasteiger partial charge in [-0.1, -0.05) is 32.0 Å². The predicted octanol–water partition coefficient (Wildman–Crippen LogP) is 3.10. The van der Waals surface area contributed by atoms with Crippen molar-refractivity contribution in [1.82, 2.24) is 9.80 Å². The van der Waals surface area contributed by atoms with Crippen LogP contribution in [0.4, 0.5) is 5.69 Å². The number of rotatable bonds is 9. The summed E-state index contributed by atoms with van der Waals surface area (Å²) in [6.45, 7) is 10.8. The van der Waals surface area contributed by atoms with Gasteiger partial charge in [-0.2, -0.15) is 0 Å². The summed E-state index contributed by atoms with van der Waals surface area (Å²) in [5.41, 5.74) is 2.06. The van der Waals surface area contributed by atoms with Gasteiger partial charge in [0.05, 0.1) is 0 Å². The number of anilines is 1. The maximum absolute atomic E-state index is 14.0. The van der Waals surface area contributed by atoms with Gasteiger partial charge in [0.25, 0.3) is 0 Å². The largest absolute Gasteiger partial charge is 0.491 e. The van der Waals surface area contributed by atoms with Crippen LogP contribution in [0.15, 0.2) is 36.4 Å². The van der Waals surface area contributed by atoms with Crippen LogP contribution in [0.2, 0.25) is 0 Å². The highest BCUT2D eigenvalue weighted by molar-refractivity contribution is 6.11. The number of nitrogens with zero attached hydrogens (tertiary/aromatic N) is 3. The van der Waals surface area contributed by atoms with Crippen LogP contribution in [0.3, 0.4) is 0 Å². The standard InChI is InChI=1S/C26H33N3O4/c1-4-28(5-2)14-13-27(3)11-8-12-29-21-10-7-6-9-19(21)26(25(29)30)17-31-22-16-24-23(15-20(22)26)32-18-33-24/h6-7,9-10,15-16H,4-5,8,11-14,17-18H2,1-3H3. The molecule has 33 heavy (non-hydrogen) atoms. The Kier molecular flexibility index (Phi) is 5.93. The molecule has 0 radical (unpaired) electrons. The summed E-state index contributed by atoms with van der Waals surface area (Å²) in [6, 6.07) is 11.9. The molecule has 0 aliphatic carbocycles. The average molecular weight is 452 g/mol. The lowest BCUT2D eigenvalue weighted by Crippen LogP contribution is -2.43. The van der Waals surface area contributed by atoms with Crippen LogP contribution >= 0.6 is 0 Å². The number of hydrogen-bond acceptors (Lipinski definition) is 6. The number of hydrogen-bond donors (Lipinski definition) is 0. The molecule has 0 saturated carbocycles. The van der Waals surface area contributed by atoms with Gasteiger partial charge in [-0.25, -0.2) is 0 Å². The van der Waals surface area contributed by atoms with E-state index < -0.39 is 5.41 Å². The Balaban J connectivity index is 1.34. The van der Waals surface area contributed by atoms with Gasteiger partial charge in [0, 0.05) is 37.0 Å². The van der Waals surface area contributed by atoms with Crippen molar-refractivity contribution < 1.29 is 19.0 Å². The fourth-order valence-corrected chi connectivity index (χ4v) is 5.25. The van der Waals surface area contributed by atoms with Crippen molar-refractivity contribution in [3.63, 3.8) is 0 Å². The monoisotopic (exact) mass is 451 g/mol. The number of carbonyl (C=O) groups is 1. The highest BCUT2D eigenvalue weighted by atomic mass is 16.7. The highest BCUT2D eigenvalue weighted by Gasteiger charge is 2.57. The van der Waals surface area contributed by atoms with Gasteiger partial charge in [0.15, 0.2) is 11.5 Å². The second-order valence-corrected chi connectivity index (χ2v) is 9.05. The Morgan fingerprint density at radius 1 is 0.939 bits per heavy atom. The summed E-state index contributed by atoms with van der Waals surface area (Å²) >= 11 is 0. The molecule has 0 saturated heterocycles. The van der Waals surface area contributed by atoms with Crippen LogP contribution in [0.25, 0.3) is 0 Å². The topological polar surface area (TPSA) is 54.5 Å². The molecule has 2 aromatic rings. The number of para-hydroxylation sites is 1. The van der Waals surface area contributed by atoms with Crippen LogP contribution in [0.1, 0.15) is 31.4 Å². The lowest BCUT2D eigenvalue weighted by molar-refractivity contribution is -0.122. The molecule has 1 spiro atoms. The summed E-state index contributed by atoms with van der Waals surface area (Å²) in [5, 5.41) is 0. The van der Waals surface area contributed by atoms with Crippen molar-refractivity contribution in [3.8, 4) is 17.2 Å². The lowest BCUT2D eigenvalue weighted by atomic mass is 9.77.